The third-order valence-electron chi connectivity index (χ3n) is 9.86. The number of β-amino-alcohol motifs (C(OH)–C–C–N with tert-alkyl or cyclic N) is 1. The van der Waals surface area contributed by atoms with Gasteiger partial charge in [-0.25, -0.2) is 9.97 Å². The fourth-order valence-corrected chi connectivity index (χ4v) is 7.81. The van der Waals surface area contributed by atoms with Gasteiger partial charge in [0.1, 0.15) is 30.9 Å². The minimum Gasteiger partial charge on any atom is -0.391 e. The molecule has 6 rings (SSSR count). The van der Waals surface area contributed by atoms with Crippen LogP contribution in [0.4, 0.5) is 5.69 Å². The maximum absolute atomic E-state index is 13.9. The number of likely N-dealkylation sites (tertiary alicyclic amines) is 1. The minimum absolute atomic E-state index is 0.0288. The van der Waals surface area contributed by atoms with Gasteiger partial charge in [-0.05, 0) is 41.7 Å². The molecule has 0 radical (unpaired) electrons. The first-order valence-electron chi connectivity index (χ1n) is 19.6. The van der Waals surface area contributed by atoms with E-state index in [1.165, 1.54) is 4.90 Å². The number of pyridine rings is 1. The Morgan fingerprint density at radius 2 is 1.63 bits per heavy atom. The Hall–Kier alpha value is -5.23. The van der Waals surface area contributed by atoms with Crippen LogP contribution in [0, 0.1) is 12.3 Å². The standard InChI is InChI=1S/C43H50ClN7O8S/c1-27-39(60-26-47-27)29-11-9-28(10-12-29)20-46-41(55)34-19-31(52)23-51(34)42(56)40(43(2,3)4)49-38(54)25-59-18-16-57-15-17-58-24-37(53)48-30-13-14-36-45-21-35(50(36)22-30)32-7-5-6-8-33(32)44/h5-14,21-22,26,31,34,40,52H,15-20,23-25H2,1-4H3,(H,46,55)(H,48,53)(H,49,54)/t31-,34?,40-/m1/s1. The molecule has 60 heavy (non-hydrogen) atoms. The van der Waals surface area contributed by atoms with E-state index in [4.69, 9.17) is 25.8 Å². The molecule has 1 fully saturated rings. The largest absolute Gasteiger partial charge is 0.391 e. The smallest absolute Gasteiger partial charge is 0.250 e. The number of aromatic nitrogens is 3. The molecule has 1 aliphatic heterocycles. The van der Waals surface area contributed by atoms with E-state index in [1.54, 1.807) is 47.4 Å². The predicted octanol–water partition coefficient (Wildman–Crippen LogP) is 4.88. The second kappa shape index (κ2) is 20.4. The van der Waals surface area contributed by atoms with E-state index in [1.807, 2.05) is 74.6 Å². The average Bonchev–Trinajstić information content (AvgIpc) is 3.96. The van der Waals surface area contributed by atoms with Gasteiger partial charge in [-0.15, -0.1) is 11.3 Å². The molecule has 4 heterocycles. The number of hydrogen-bond acceptors (Lipinski definition) is 11. The van der Waals surface area contributed by atoms with Crippen molar-refractivity contribution in [2.45, 2.75) is 58.8 Å². The number of aliphatic hydroxyl groups excluding tert-OH is 1. The van der Waals surface area contributed by atoms with Gasteiger partial charge in [0.05, 0.1) is 66.2 Å². The van der Waals surface area contributed by atoms with Crippen molar-refractivity contribution in [1.29, 1.82) is 0 Å². The molecule has 17 heteroatoms. The van der Waals surface area contributed by atoms with Gasteiger partial charge in [0.2, 0.25) is 23.6 Å². The van der Waals surface area contributed by atoms with Crippen molar-refractivity contribution in [2.75, 3.05) is 51.5 Å². The molecule has 318 valence electrons. The number of rotatable bonds is 18. The normalized spacial score (nSPS) is 15.9. The Bertz CT molecular complexity index is 2270. The summed E-state index contributed by atoms with van der Waals surface area (Å²) < 4.78 is 18.3. The summed E-state index contributed by atoms with van der Waals surface area (Å²) in [5.41, 5.74) is 6.87. The first-order valence-corrected chi connectivity index (χ1v) is 20.8. The summed E-state index contributed by atoms with van der Waals surface area (Å²) in [4.78, 5) is 63.9. The number of amides is 4. The monoisotopic (exact) mass is 859 g/mol. The molecule has 2 aromatic carbocycles. The summed E-state index contributed by atoms with van der Waals surface area (Å²) in [6.07, 6.45) is 2.70. The van der Waals surface area contributed by atoms with Crippen molar-refractivity contribution in [2.24, 2.45) is 5.41 Å². The minimum atomic E-state index is -0.984. The Morgan fingerprint density at radius 1 is 0.933 bits per heavy atom. The van der Waals surface area contributed by atoms with Crippen LogP contribution in [0.25, 0.3) is 27.3 Å². The van der Waals surface area contributed by atoms with Crippen LogP contribution in [-0.2, 0) is 39.9 Å². The molecular weight excluding hydrogens is 810 g/mol. The summed E-state index contributed by atoms with van der Waals surface area (Å²) in [7, 11) is 0. The van der Waals surface area contributed by atoms with E-state index in [0.717, 1.165) is 33.0 Å². The van der Waals surface area contributed by atoms with Crippen molar-refractivity contribution in [3.05, 3.63) is 94.8 Å². The fraction of sp³-hybridized carbons (Fsp3) is 0.395. The van der Waals surface area contributed by atoms with Gasteiger partial charge >= 0.3 is 0 Å². The zero-order valence-electron chi connectivity index (χ0n) is 34.0. The third kappa shape index (κ3) is 11.5. The molecule has 3 atom stereocenters. The van der Waals surface area contributed by atoms with Crippen LogP contribution in [0.1, 0.15) is 38.4 Å². The molecule has 4 N–H and O–H groups in total. The van der Waals surface area contributed by atoms with Crippen LogP contribution in [0.5, 0.6) is 0 Å². The van der Waals surface area contributed by atoms with Gasteiger partial charge in [0.15, 0.2) is 0 Å². The third-order valence-corrected chi connectivity index (χ3v) is 11.2. The van der Waals surface area contributed by atoms with Crippen LogP contribution >= 0.6 is 22.9 Å². The summed E-state index contributed by atoms with van der Waals surface area (Å²) in [5.74, 6) is -1.69. The predicted molar refractivity (Wildman–Crippen MR) is 228 cm³/mol. The summed E-state index contributed by atoms with van der Waals surface area (Å²) in [6.45, 7) is 7.74. The molecule has 15 nitrogen and oxygen atoms in total. The van der Waals surface area contributed by atoms with Crippen molar-refractivity contribution in [3.8, 4) is 21.7 Å². The number of imidazole rings is 1. The SMILES string of the molecule is Cc1ncsc1-c1ccc(CNC(=O)C2C[C@@H](O)CN2C(=O)[C@@H](NC(=O)COCCOCCOCC(=O)Nc2ccc3ncc(-c4ccccc4Cl)n3c2)C(C)(C)C)cc1. The van der Waals surface area contributed by atoms with E-state index in [9.17, 15) is 24.3 Å². The lowest BCUT2D eigenvalue weighted by Gasteiger charge is -2.35. The lowest BCUT2D eigenvalue weighted by Crippen LogP contribution is -2.58. The lowest BCUT2D eigenvalue weighted by atomic mass is 9.85. The number of nitrogens with zero attached hydrogens (tertiary/aromatic N) is 4. The molecular formula is C43H50ClN7O8S. The molecule has 1 aliphatic rings. The molecule has 5 aromatic rings. The van der Waals surface area contributed by atoms with Gasteiger partial charge in [-0.1, -0.05) is 74.8 Å². The van der Waals surface area contributed by atoms with Crippen molar-refractivity contribution in [3.63, 3.8) is 0 Å². The van der Waals surface area contributed by atoms with E-state index >= 15 is 0 Å². The number of ether oxygens (including phenoxy) is 3. The zero-order chi connectivity index (χ0) is 42.8. The van der Waals surface area contributed by atoms with Gasteiger partial charge in [-0.3, -0.25) is 23.6 Å². The number of fused-ring (bicyclic) bond motifs is 1. The van der Waals surface area contributed by atoms with Crippen molar-refractivity contribution >= 4 is 57.9 Å². The van der Waals surface area contributed by atoms with E-state index < -0.39 is 35.4 Å². The fourth-order valence-electron chi connectivity index (χ4n) is 6.77. The molecule has 1 unspecified atom stereocenters. The second-order valence-electron chi connectivity index (χ2n) is 15.5. The number of carbonyl (C=O) groups excluding carboxylic acids is 4. The first-order chi connectivity index (χ1) is 28.8. The Balaban J connectivity index is 0.878. The first kappa shape index (κ1) is 44.3. The number of nitrogens with one attached hydrogen (secondary N) is 3. The molecule has 0 aliphatic carbocycles. The Morgan fingerprint density at radius 3 is 2.32 bits per heavy atom. The lowest BCUT2D eigenvalue weighted by molar-refractivity contribution is -0.144. The molecule has 3 aromatic heterocycles. The van der Waals surface area contributed by atoms with Gasteiger partial charge in [-0.2, -0.15) is 0 Å². The summed E-state index contributed by atoms with van der Waals surface area (Å²) >= 11 is 7.95. The van der Waals surface area contributed by atoms with E-state index in [-0.39, 0.29) is 71.0 Å². The van der Waals surface area contributed by atoms with Crippen molar-refractivity contribution < 1.29 is 38.5 Å². The highest BCUT2D eigenvalue weighted by Gasteiger charge is 2.44. The average molecular weight is 860 g/mol. The number of aliphatic hydroxyl groups is 1. The summed E-state index contributed by atoms with van der Waals surface area (Å²) in [6, 6.07) is 17.0. The zero-order valence-corrected chi connectivity index (χ0v) is 35.6. The Kier molecular flexibility index (Phi) is 15.0. The van der Waals surface area contributed by atoms with Gasteiger partial charge < -0.3 is 40.2 Å². The number of carbonyl (C=O) groups is 4. The maximum atomic E-state index is 13.9. The van der Waals surface area contributed by atoms with E-state index in [0.29, 0.717) is 16.4 Å². The molecule has 0 bridgehead atoms. The molecule has 0 spiro atoms. The van der Waals surface area contributed by atoms with Crippen molar-refractivity contribution in [1.82, 2.24) is 29.9 Å². The second-order valence-corrected chi connectivity index (χ2v) is 16.7. The van der Waals surface area contributed by atoms with Crippen LogP contribution in [0.3, 0.4) is 0 Å². The number of hydrogen-bond donors (Lipinski definition) is 4. The Labute approximate surface area is 357 Å². The molecule has 1 saturated heterocycles. The molecule has 0 saturated carbocycles. The number of anilines is 1. The summed E-state index contributed by atoms with van der Waals surface area (Å²) in [5, 5.41) is 19.6. The van der Waals surface area contributed by atoms with Gasteiger partial charge in [0.25, 0.3) is 0 Å². The number of halogens is 1. The van der Waals surface area contributed by atoms with Crippen LogP contribution in [-0.4, -0.2) is 112 Å². The molecule has 4 amide bonds. The highest BCUT2D eigenvalue weighted by Crippen LogP contribution is 2.30. The number of thiazole rings is 1. The topological polar surface area (TPSA) is 186 Å². The highest BCUT2D eigenvalue weighted by molar-refractivity contribution is 7.13. The van der Waals surface area contributed by atoms with Gasteiger partial charge in [0, 0.05) is 36.3 Å². The van der Waals surface area contributed by atoms with Crippen LogP contribution < -0.4 is 16.0 Å². The highest BCUT2D eigenvalue weighted by atomic mass is 35.5. The maximum Gasteiger partial charge on any atom is 0.250 e. The van der Waals surface area contributed by atoms with E-state index in [2.05, 4.69) is 25.9 Å². The quantitative estimate of drug-likeness (QED) is 0.0886. The van der Waals surface area contributed by atoms with Crippen LogP contribution in [0.2, 0.25) is 5.02 Å². The number of benzene rings is 2. The van der Waals surface area contributed by atoms with Crippen LogP contribution in [0.15, 0.2) is 78.6 Å². The number of aryl methyl sites for hydroxylation is 1.